The fourth-order valence-electron chi connectivity index (χ4n) is 7.19. The van der Waals surface area contributed by atoms with Gasteiger partial charge in [-0.25, -0.2) is 9.59 Å². The fraction of sp³-hybridized carbons (Fsp3) is 0.293. The molecule has 0 bridgehead atoms. The Kier molecular flexibility index (Phi) is 19.5. The highest BCUT2D eigenvalue weighted by Crippen LogP contribution is 2.41. The smallest absolute Gasteiger partial charge is 0.412 e. The normalized spacial score (nSPS) is 12.3. The van der Waals surface area contributed by atoms with Gasteiger partial charge in [0.15, 0.2) is 11.6 Å². The van der Waals surface area contributed by atoms with Crippen molar-refractivity contribution in [2.75, 3.05) is 19.6 Å². The van der Waals surface area contributed by atoms with Crippen molar-refractivity contribution in [1.82, 2.24) is 10.2 Å². The molecular formula is C58H62N2O11. The van der Waals surface area contributed by atoms with Crippen molar-refractivity contribution in [1.29, 1.82) is 0 Å². The van der Waals surface area contributed by atoms with Crippen LogP contribution in [0.5, 0.6) is 11.5 Å². The molecule has 5 aromatic rings. The number of carbonyl (C=O) groups excluding carboxylic acids is 7. The molecule has 0 radical (unpaired) electrons. The molecular weight excluding hydrogens is 901 g/mol. The molecule has 13 nitrogen and oxygen atoms in total. The van der Waals surface area contributed by atoms with Gasteiger partial charge >= 0.3 is 24.1 Å². The number of esters is 2. The maximum atomic E-state index is 13.2. The van der Waals surface area contributed by atoms with Gasteiger partial charge in [0.2, 0.25) is 0 Å². The van der Waals surface area contributed by atoms with Crippen LogP contribution in [0.3, 0.4) is 0 Å². The Morgan fingerprint density at radius 3 is 1.38 bits per heavy atom. The Hall–Kier alpha value is -7.93. The van der Waals surface area contributed by atoms with Gasteiger partial charge in [-0.2, -0.15) is 0 Å². The van der Waals surface area contributed by atoms with Crippen LogP contribution in [0, 0.1) is 0 Å². The first kappa shape index (κ1) is 54.0. The van der Waals surface area contributed by atoms with E-state index in [-0.39, 0.29) is 67.2 Å². The average Bonchev–Trinajstić information content (AvgIpc) is 3.32. The third kappa shape index (κ3) is 17.8. The van der Waals surface area contributed by atoms with Crippen LogP contribution in [-0.4, -0.2) is 77.2 Å². The minimum absolute atomic E-state index is 0.0410. The number of hydrogen-bond acceptors (Lipinski definition) is 11. The molecule has 13 heteroatoms. The van der Waals surface area contributed by atoms with E-state index >= 15 is 0 Å². The number of rotatable bonds is 17. The summed E-state index contributed by atoms with van der Waals surface area (Å²) < 4.78 is 22.5. The Morgan fingerprint density at radius 1 is 0.521 bits per heavy atom. The predicted octanol–water partition coefficient (Wildman–Crippen LogP) is 11.4. The van der Waals surface area contributed by atoms with Crippen LogP contribution >= 0.6 is 0 Å². The number of ketones is 3. The Bertz CT molecular complexity index is 2650. The summed E-state index contributed by atoms with van der Waals surface area (Å²) in [5.41, 5.74) is 3.66. The van der Waals surface area contributed by atoms with E-state index in [1.54, 1.807) is 32.9 Å². The lowest BCUT2D eigenvalue weighted by Gasteiger charge is -2.26. The highest BCUT2D eigenvalue weighted by atomic mass is 16.6. The van der Waals surface area contributed by atoms with Gasteiger partial charge in [0.05, 0.1) is 6.54 Å². The summed E-state index contributed by atoms with van der Waals surface area (Å²) in [6.07, 6.45) is 3.08. The van der Waals surface area contributed by atoms with Crippen LogP contribution < -0.4 is 14.8 Å². The fourth-order valence-corrected chi connectivity index (χ4v) is 7.19. The largest absolute Gasteiger partial charge is 0.460 e. The topological polar surface area (TPSA) is 172 Å². The third-order valence-electron chi connectivity index (χ3n) is 10.3. The molecule has 0 saturated heterocycles. The number of carbonyl (C=O) groups is 7. The molecule has 6 rings (SSSR count). The van der Waals surface area contributed by atoms with E-state index in [0.717, 1.165) is 22.3 Å². The maximum absolute atomic E-state index is 13.2. The van der Waals surface area contributed by atoms with E-state index in [4.69, 9.17) is 18.9 Å². The lowest BCUT2D eigenvalue weighted by molar-refractivity contribution is -0.155. The van der Waals surface area contributed by atoms with Gasteiger partial charge in [-0.15, -0.1) is 0 Å². The number of nitrogens with zero attached hydrogens (tertiary/aromatic N) is 1. The second kappa shape index (κ2) is 25.6. The first-order valence-corrected chi connectivity index (χ1v) is 23.5. The molecule has 5 aromatic carbocycles. The number of benzene rings is 5. The Morgan fingerprint density at radius 2 is 0.944 bits per heavy atom. The zero-order chi connectivity index (χ0) is 51.6. The molecule has 1 N–H and O–H groups in total. The summed E-state index contributed by atoms with van der Waals surface area (Å²) in [6, 6.07) is 40.3. The van der Waals surface area contributed by atoms with E-state index < -0.39 is 29.4 Å². The van der Waals surface area contributed by atoms with Crippen molar-refractivity contribution in [3.05, 3.63) is 157 Å². The molecule has 1 aliphatic carbocycles. The van der Waals surface area contributed by atoms with Crippen LogP contribution in [0.1, 0.15) is 91.7 Å². The van der Waals surface area contributed by atoms with Crippen molar-refractivity contribution in [3.8, 4) is 33.8 Å². The van der Waals surface area contributed by atoms with Crippen molar-refractivity contribution in [2.45, 2.75) is 91.8 Å². The lowest BCUT2D eigenvalue weighted by atomic mass is 9.89. The molecule has 2 amide bonds. The molecule has 0 atom stereocenters. The molecule has 0 spiro atoms. The standard InChI is InChI=1S/C40H50N2O9.C18H12O2/c1-28(43)27-42(38(47)51-40(5,6)7)24-16-22-35(44)48-33-25-32(30-19-12-9-13-20-30)34(26-31(33)29-17-10-8-11-18-29)49-37(46)41-23-15-14-21-36(45)50-39(2,3)4;19-17-12-16(14-9-5-2-6-10-14)18(20)11-15(17)13-7-3-1-4-8-13/h8-13,17-20,25-26H,14-16,21-24,27H2,1-7H3,(H,41,46);1-12H. The van der Waals surface area contributed by atoms with E-state index in [9.17, 15) is 33.6 Å². The van der Waals surface area contributed by atoms with Crippen LogP contribution in [0.25, 0.3) is 33.4 Å². The summed E-state index contributed by atoms with van der Waals surface area (Å²) in [5, 5.41) is 2.75. The van der Waals surface area contributed by atoms with Crippen LogP contribution in [-0.2, 0) is 33.4 Å². The first-order valence-electron chi connectivity index (χ1n) is 23.5. The summed E-state index contributed by atoms with van der Waals surface area (Å²) in [7, 11) is 0. The number of nitrogens with one attached hydrogen (secondary N) is 1. The lowest BCUT2D eigenvalue weighted by Crippen LogP contribution is -2.40. The molecule has 0 heterocycles. The van der Waals surface area contributed by atoms with Gasteiger partial charge in [0.1, 0.15) is 28.5 Å². The van der Waals surface area contributed by atoms with E-state index in [2.05, 4.69) is 5.32 Å². The van der Waals surface area contributed by atoms with E-state index in [1.165, 1.54) is 24.0 Å². The number of ether oxygens (including phenoxy) is 4. The summed E-state index contributed by atoms with van der Waals surface area (Å²) in [4.78, 5) is 88.5. The number of Topliss-reactive ketones (excluding diaryl/α,β-unsaturated/α-hetero) is 1. The third-order valence-corrected chi connectivity index (χ3v) is 10.3. The van der Waals surface area contributed by atoms with Gasteiger partial charge < -0.3 is 29.2 Å². The molecule has 71 heavy (non-hydrogen) atoms. The monoisotopic (exact) mass is 962 g/mol. The van der Waals surface area contributed by atoms with Crippen LogP contribution in [0.2, 0.25) is 0 Å². The number of allylic oxidation sites excluding steroid dienone is 4. The molecule has 1 aliphatic rings. The van der Waals surface area contributed by atoms with Gasteiger partial charge in [-0.3, -0.25) is 24.0 Å². The number of unbranched alkanes of at least 4 members (excludes halogenated alkanes) is 1. The van der Waals surface area contributed by atoms with Crippen molar-refractivity contribution in [3.63, 3.8) is 0 Å². The van der Waals surface area contributed by atoms with Crippen LogP contribution in [0.4, 0.5) is 9.59 Å². The number of amides is 2. The Balaban J connectivity index is 0.000000385. The summed E-state index contributed by atoms with van der Waals surface area (Å²) in [5.74, 6) is -0.794. The van der Waals surface area contributed by atoms with E-state index in [0.29, 0.717) is 41.7 Å². The van der Waals surface area contributed by atoms with Crippen molar-refractivity contribution in [2.24, 2.45) is 0 Å². The second-order valence-electron chi connectivity index (χ2n) is 18.7. The molecule has 0 aromatic heterocycles. The first-order chi connectivity index (χ1) is 33.8. The second-order valence-corrected chi connectivity index (χ2v) is 18.7. The molecule has 0 aliphatic heterocycles. The summed E-state index contributed by atoms with van der Waals surface area (Å²) >= 11 is 0. The number of hydrogen-bond donors (Lipinski definition) is 1. The minimum Gasteiger partial charge on any atom is -0.460 e. The van der Waals surface area contributed by atoms with Crippen molar-refractivity contribution >= 4 is 52.6 Å². The predicted molar refractivity (Wildman–Crippen MR) is 273 cm³/mol. The maximum Gasteiger partial charge on any atom is 0.412 e. The molecule has 0 saturated carbocycles. The van der Waals surface area contributed by atoms with Gasteiger partial charge in [-0.1, -0.05) is 121 Å². The Labute approximate surface area is 415 Å². The van der Waals surface area contributed by atoms with Gasteiger partial charge in [-0.05, 0) is 114 Å². The quantitative estimate of drug-likeness (QED) is 0.0407. The zero-order valence-corrected chi connectivity index (χ0v) is 41.5. The highest BCUT2D eigenvalue weighted by molar-refractivity contribution is 6.43. The summed E-state index contributed by atoms with van der Waals surface area (Å²) in [6.45, 7) is 12.3. The molecule has 0 fully saturated rings. The average molecular weight is 963 g/mol. The minimum atomic E-state index is -0.741. The van der Waals surface area contributed by atoms with Gasteiger partial charge in [0, 0.05) is 48.2 Å². The van der Waals surface area contributed by atoms with Crippen LogP contribution in [0.15, 0.2) is 146 Å². The van der Waals surface area contributed by atoms with E-state index in [1.807, 2.05) is 142 Å². The molecule has 370 valence electrons. The molecule has 0 unspecified atom stereocenters. The van der Waals surface area contributed by atoms with Crippen molar-refractivity contribution < 1.29 is 52.5 Å². The van der Waals surface area contributed by atoms with Gasteiger partial charge in [0.25, 0.3) is 0 Å². The SMILES string of the molecule is CC(=O)CN(CCCC(=O)Oc1cc(-c2ccccc2)c(OC(=O)NCCCCC(=O)OC(C)(C)C)cc1-c1ccccc1)C(=O)OC(C)(C)C.O=C1C=C(c2ccccc2)C(=O)C=C1c1ccccc1. The highest BCUT2D eigenvalue weighted by Gasteiger charge is 2.25. The zero-order valence-electron chi connectivity index (χ0n) is 41.5.